The van der Waals surface area contributed by atoms with E-state index in [1.807, 2.05) is 6.07 Å². The third-order valence-electron chi connectivity index (χ3n) is 6.70. The van der Waals surface area contributed by atoms with Crippen LogP contribution in [0.25, 0.3) is 10.8 Å². The number of carbonyl (C=O) groups excluding carboxylic acids is 3. The van der Waals surface area contributed by atoms with Crippen LogP contribution in [-0.2, 0) is 25.6 Å². The van der Waals surface area contributed by atoms with Gasteiger partial charge in [0.05, 0.1) is 0 Å². The van der Waals surface area contributed by atoms with Crippen molar-refractivity contribution in [3.8, 4) is 5.75 Å². The Morgan fingerprint density at radius 3 is 2.10 bits per heavy atom. The highest BCUT2D eigenvalue weighted by atomic mass is 16.6. The molecule has 4 rings (SSSR count). The molecule has 0 saturated carbocycles. The summed E-state index contributed by atoms with van der Waals surface area (Å²) in [5.41, 5.74) is 6.22. The quantitative estimate of drug-likeness (QED) is 0.142. The van der Waals surface area contributed by atoms with Crippen molar-refractivity contribution in [1.29, 1.82) is 0 Å². The van der Waals surface area contributed by atoms with E-state index >= 15 is 0 Å². The SMILES string of the molecule is CC(C)(C)OC(=O)N(C(=O)OC(C)(C)C)c1nccc2cc(NC(C(=O)O)c3ccc(OCC(=O)Nc4cccc(CN)c4)cc3)ccc12. The number of hydrogen-bond donors (Lipinski definition) is 4. The molecule has 49 heavy (non-hydrogen) atoms. The van der Waals surface area contributed by atoms with Gasteiger partial charge in [0.1, 0.15) is 17.0 Å². The fourth-order valence-corrected chi connectivity index (χ4v) is 4.63. The average Bonchev–Trinajstić information content (AvgIpc) is 3.01. The molecule has 0 fully saturated rings. The van der Waals surface area contributed by atoms with Crippen molar-refractivity contribution >= 4 is 52.0 Å². The van der Waals surface area contributed by atoms with Crippen LogP contribution in [0.5, 0.6) is 5.75 Å². The van der Waals surface area contributed by atoms with Gasteiger partial charge < -0.3 is 35.7 Å². The van der Waals surface area contributed by atoms with Gasteiger partial charge in [-0.15, -0.1) is 0 Å². The summed E-state index contributed by atoms with van der Waals surface area (Å²) in [6.07, 6.45) is -0.492. The molecule has 1 aromatic heterocycles. The topological polar surface area (TPSA) is 182 Å². The number of nitrogens with zero attached hydrogens (tertiary/aromatic N) is 2. The number of carboxylic acid groups (broad SMARTS) is 1. The molecule has 1 unspecified atom stereocenters. The predicted octanol–water partition coefficient (Wildman–Crippen LogP) is 6.63. The van der Waals surface area contributed by atoms with E-state index in [9.17, 15) is 24.3 Å². The minimum atomic E-state index is -1.15. The number of benzene rings is 3. The molecule has 3 amide bonds. The lowest BCUT2D eigenvalue weighted by Gasteiger charge is -2.28. The number of carbonyl (C=O) groups is 4. The second kappa shape index (κ2) is 15.0. The Labute approximate surface area is 284 Å². The molecule has 4 aromatic rings. The first-order chi connectivity index (χ1) is 23.0. The zero-order valence-electron chi connectivity index (χ0n) is 28.3. The van der Waals surface area contributed by atoms with Gasteiger partial charge in [-0.05, 0) is 107 Å². The number of hydrogen-bond acceptors (Lipinski definition) is 10. The van der Waals surface area contributed by atoms with Crippen molar-refractivity contribution in [2.75, 3.05) is 22.1 Å². The minimum absolute atomic E-state index is 0.00400. The van der Waals surface area contributed by atoms with Crippen LogP contribution in [0.4, 0.5) is 26.8 Å². The molecular formula is C36H41N5O8. The summed E-state index contributed by atoms with van der Waals surface area (Å²) >= 11 is 0. The van der Waals surface area contributed by atoms with Gasteiger partial charge in [0.15, 0.2) is 18.5 Å². The zero-order chi connectivity index (χ0) is 35.9. The predicted molar refractivity (Wildman–Crippen MR) is 186 cm³/mol. The van der Waals surface area contributed by atoms with Gasteiger partial charge in [0, 0.05) is 29.5 Å². The van der Waals surface area contributed by atoms with E-state index in [0.29, 0.717) is 40.0 Å². The maximum absolute atomic E-state index is 13.2. The Morgan fingerprint density at radius 1 is 0.857 bits per heavy atom. The largest absolute Gasteiger partial charge is 0.484 e. The van der Waals surface area contributed by atoms with Crippen molar-refractivity contribution in [2.24, 2.45) is 5.73 Å². The van der Waals surface area contributed by atoms with Crippen molar-refractivity contribution in [3.05, 3.63) is 90.1 Å². The Bertz CT molecular complexity index is 1800. The number of fused-ring (bicyclic) bond motifs is 1. The number of aliphatic carboxylic acids is 1. The minimum Gasteiger partial charge on any atom is -0.484 e. The van der Waals surface area contributed by atoms with E-state index in [4.69, 9.17) is 19.9 Å². The van der Waals surface area contributed by atoms with E-state index in [1.165, 1.54) is 6.20 Å². The molecule has 1 atom stereocenters. The molecular weight excluding hydrogens is 630 g/mol. The van der Waals surface area contributed by atoms with Crippen LogP contribution in [0.3, 0.4) is 0 Å². The normalized spacial score (nSPS) is 12.1. The number of imide groups is 1. The van der Waals surface area contributed by atoms with E-state index in [-0.39, 0.29) is 18.3 Å². The number of aromatic nitrogens is 1. The van der Waals surface area contributed by atoms with E-state index < -0.39 is 35.4 Å². The molecule has 0 radical (unpaired) electrons. The maximum atomic E-state index is 13.2. The smallest absolute Gasteiger partial charge is 0.425 e. The van der Waals surface area contributed by atoms with E-state index in [2.05, 4.69) is 15.6 Å². The van der Waals surface area contributed by atoms with Gasteiger partial charge >= 0.3 is 18.2 Å². The highest BCUT2D eigenvalue weighted by Crippen LogP contribution is 2.31. The molecule has 0 aliphatic heterocycles. The summed E-state index contributed by atoms with van der Waals surface area (Å²) in [6, 6.07) is 19.0. The molecule has 0 saturated heterocycles. The summed E-state index contributed by atoms with van der Waals surface area (Å²) in [4.78, 5) is 56.2. The molecule has 0 spiro atoms. The number of ether oxygens (including phenoxy) is 3. The van der Waals surface area contributed by atoms with Gasteiger partial charge in [-0.25, -0.2) is 19.4 Å². The number of pyridine rings is 1. The van der Waals surface area contributed by atoms with E-state index in [1.54, 1.807) is 108 Å². The lowest BCUT2D eigenvalue weighted by molar-refractivity contribution is -0.138. The average molecular weight is 672 g/mol. The number of nitrogens with two attached hydrogens (primary N) is 1. The van der Waals surface area contributed by atoms with Gasteiger partial charge in [0.2, 0.25) is 0 Å². The van der Waals surface area contributed by atoms with Crippen LogP contribution in [-0.4, -0.2) is 52.0 Å². The number of anilines is 3. The number of nitrogens with one attached hydrogen (secondary N) is 2. The van der Waals surface area contributed by atoms with Gasteiger partial charge in [-0.3, -0.25) is 4.79 Å². The van der Waals surface area contributed by atoms with Crippen LogP contribution in [0.15, 0.2) is 79.0 Å². The highest BCUT2D eigenvalue weighted by Gasteiger charge is 2.34. The Morgan fingerprint density at radius 2 is 1.51 bits per heavy atom. The van der Waals surface area contributed by atoms with Gasteiger partial charge in [-0.2, -0.15) is 4.90 Å². The van der Waals surface area contributed by atoms with Crippen LogP contribution in [0, 0.1) is 0 Å². The van der Waals surface area contributed by atoms with Gasteiger partial charge in [-0.1, -0.05) is 24.3 Å². The van der Waals surface area contributed by atoms with Gasteiger partial charge in [0.25, 0.3) is 5.91 Å². The fraction of sp³-hybridized carbons (Fsp3) is 0.306. The molecule has 13 heteroatoms. The third kappa shape index (κ3) is 10.1. The highest BCUT2D eigenvalue weighted by molar-refractivity contribution is 6.14. The Balaban J connectivity index is 1.51. The molecule has 1 heterocycles. The molecule has 0 aliphatic rings. The number of rotatable bonds is 10. The lowest BCUT2D eigenvalue weighted by Crippen LogP contribution is -2.44. The molecule has 3 aromatic carbocycles. The second-order valence-corrected chi connectivity index (χ2v) is 13.1. The standard InChI is InChI=1S/C36H41N5O8/c1-35(2,3)48-33(45)41(34(46)49-36(4,5)6)31-28-15-12-26(19-24(28)16-17-38-31)40-30(32(43)44)23-10-13-27(14-11-23)47-21-29(42)39-25-9-7-8-22(18-25)20-37/h7-19,30,40H,20-21,37H2,1-6H3,(H,39,42)(H,43,44). The summed E-state index contributed by atoms with van der Waals surface area (Å²) in [7, 11) is 0. The van der Waals surface area contributed by atoms with Crippen molar-refractivity contribution in [1.82, 2.24) is 4.98 Å². The summed E-state index contributed by atoms with van der Waals surface area (Å²) in [5.74, 6) is -1.12. The van der Waals surface area contributed by atoms with Crippen LogP contribution >= 0.6 is 0 Å². The first-order valence-electron chi connectivity index (χ1n) is 15.5. The number of amides is 3. The van der Waals surface area contributed by atoms with Crippen molar-refractivity contribution in [2.45, 2.75) is 65.3 Å². The maximum Gasteiger partial charge on any atom is 0.425 e. The second-order valence-electron chi connectivity index (χ2n) is 13.1. The first kappa shape index (κ1) is 36.2. The molecule has 0 bridgehead atoms. The van der Waals surface area contributed by atoms with Crippen molar-refractivity contribution in [3.63, 3.8) is 0 Å². The zero-order valence-corrected chi connectivity index (χ0v) is 28.3. The monoisotopic (exact) mass is 671 g/mol. The Hall–Kier alpha value is -5.69. The number of carboxylic acids is 1. The fourth-order valence-electron chi connectivity index (χ4n) is 4.63. The van der Waals surface area contributed by atoms with E-state index in [0.717, 1.165) is 10.5 Å². The summed E-state index contributed by atoms with van der Waals surface area (Å²) in [5, 5.41) is 16.8. The third-order valence-corrected chi connectivity index (χ3v) is 6.70. The van der Waals surface area contributed by atoms with Crippen LogP contribution < -0.4 is 26.0 Å². The van der Waals surface area contributed by atoms with Crippen LogP contribution in [0.2, 0.25) is 0 Å². The summed E-state index contributed by atoms with van der Waals surface area (Å²) in [6.45, 7) is 10.2. The van der Waals surface area contributed by atoms with Crippen molar-refractivity contribution < 1.29 is 38.5 Å². The lowest BCUT2D eigenvalue weighted by atomic mass is 10.1. The molecule has 0 aliphatic carbocycles. The molecule has 258 valence electrons. The Kier molecular flexibility index (Phi) is 11.1. The molecule has 13 nitrogen and oxygen atoms in total. The molecule has 5 N–H and O–H groups in total. The summed E-state index contributed by atoms with van der Waals surface area (Å²) < 4.78 is 16.6. The van der Waals surface area contributed by atoms with Crippen LogP contribution in [0.1, 0.15) is 58.7 Å². The first-order valence-corrected chi connectivity index (χ1v) is 15.5.